The van der Waals surface area contributed by atoms with Gasteiger partial charge in [0.05, 0.1) is 0 Å². The zero-order valence-corrected chi connectivity index (χ0v) is 8.99. The zero-order chi connectivity index (χ0) is 12.4. The number of benzene rings is 1. The summed E-state index contributed by atoms with van der Waals surface area (Å²) in [6.45, 7) is 0. The Bertz CT molecular complexity index is 564. The molecule has 7 heteroatoms. The van der Waals surface area contributed by atoms with Gasteiger partial charge in [-0.15, -0.1) is 5.10 Å². The van der Waals surface area contributed by atoms with E-state index in [9.17, 15) is 4.79 Å². The first kappa shape index (κ1) is 10.9. The SMILES string of the molecule is Cn1cnc(Oc2cc(N)ccc2C(=O)O)n1. The van der Waals surface area contributed by atoms with Crippen molar-refractivity contribution < 1.29 is 14.6 Å². The molecule has 1 aromatic carbocycles. The Morgan fingerprint density at radius 2 is 2.29 bits per heavy atom. The maximum absolute atomic E-state index is 11.0. The third-order valence-electron chi connectivity index (χ3n) is 2.02. The summed E-state index contributed by atoms with van der Waals surface area (Å²) in [4.78, 5) is 14.8. The topological polar surface area (TPSA) is 103 Å². The second-order valence-corrected chi connectivity index (χ2v) is 3.36. The van der Waals surface area contributed by atoms with Gasteiger partial charge in [0.2, 0.25) is 0 Å². The highest BCUT2D eigenvalue weighted by atomic mass is 16.5. The van der Waals surface area contributed by atoms with Crippen molar-refractivity contribution in [3.8, 4) is 11.8 Å². The van der Waals surface area contributed by atoms with Gasteiger partial charge < -0.3 is 15.6 Å². The van der Waals surface area contributed by atoms with Crippen molar-refractivity contribution in [2.45, 2.75) is 0 Å². The van der Waals surface area contributed by atoms with Gasteiger partial charge in [0, 0.05) is 18.8 Å². The van der Waals surface area contributed by atoms with Gasteiger partial charge >= 0.3 is 12.0 Å². The number of anilines is 1. The molecule has 0 unspecified atom stereocenters. The number of nitrogens with two attached hydrogens (primary N) is 1. The number of ether oxygens (including phenoxy) is 1. The lowest BCUT2D eigenvalue weighted by Gasteiger charge is -2.05. The van der Waals surface area contributed by atoms with Crippen molar-refractivity contribution in [1.82, 2.24) is 14.8 Å². The number of carbonyl (C=O) groups is 1. The summed E-state index contributed by atoms with van der Waals surface area (Å²) >= 11 is 0. The molecule has 3 N–H and O–H groups in total. The Balaban J connectivity index is 2.37. The Hall–Kier alpha value is -2.57. The number of hydrogen-bond acceptors (Lipinski definition) is 5. The van der Waals surface area contributed by atoms with Crippen molar-refractivity contribution in [2.75, 3.05) is 5.73 Å². The summed E-state index contributed by atoms with van der Waals surface area (Å²) in [5.41, 5.74) is 5.98. The summed E-state index contributed by atoms with van der Waals surface area (Å²) in [6.07, 6.45) is 1.45. The molecule has 17 heavy (non-hydrogen) atoms. The lowest BCUT2D eigenvalue weighted by atomic mass is 10.2. The predicted octanol–water partition coefficient (Wildman–Crippen LogP) is 0.888. The molecule has 0 amide bonds. The zero-order valence-electron chi connectivity index (χ0n) is 8.99. The van der Waals surface area contributed by atoms with Gasteiger partial charge in [0.1, 0.15) is 17.6 Å². The second kappa shape index (κ2) is 4.12. The summed E-state index contributed by atoms with van der Waals surface area (Å²) < 4.78 is 6.72. The molecular formula is C10H10N4O3. The lowest BCUT2D eigenvalue weighted by Crippen LogP contribution is -2.01. The Morgan fingerprint density at radius 3 is 2.88 bits per heavy atom. The van der Waals surface area contributed by atoms with E-state index in [4.69, 9.17) is 15.6 Å². The van der Waals surface area contributed by atoms with Crippen LogP contribution in [0.2, 0.25) is 0 Å². The minimum Gasteiger partial charge on any atom is -0.478 e. The van der Waals surface area contributed by atoms with Crippen molar-refractivity contribution in [2.24, 2.45) is 7.05 Å². The standard InChI is InChI=1S/C10H10N4O3/c1-14-5-12-10(13-14)17-8-4-6(11)2-3-7(8)9(15)16/h2-5H,11H2,1H3,(H,15,16). The van der Waals surface area contributed by atoms with E-state index in [-0.39, 0.29) is 17.3 Å². The molecule has 0 atom stereocenters. The van der Waals surface area contributed by atoms with Crippen LogP contribution in [0.4, 0.5) is 5.69 Å². The lowest BCUT2D eigenvalue weighted by molar-refractivity contribution is 0.0694. The van der Waals surface area contributed by atoms with E-state index in [2.05, 4.69) is 10.1 Å². The van der Waals surface area contributed by atoms with Crippen LogP contribution in [-0.2, 0) is 7.05 Å². The number of nitrogens with zero attached hydrogens (tertiary/aromatic N) is 3. The van der Waals surface area contributed by atoms with E-state index >= 15 is 0 Å². The first-order valence-corrected chi connectivity index (χ1v) is 4.72. The monoisotopic (exact) mass is 234 g/mol. The normalized spacial score (nSPS) is 10.2. The van der Waals surface area contributed by atoms with Crippen LogP contribution < -0.4 is 10.5 Å². The average molecular weight is 234 g/mol. The molecule has 0 spiro atoms. The van der Waals surface area contributed by atoms with Gasteiger partial charge in [-0.05, 0) is 12.1 Å². The van der Waals surface area contributed by atoms with Gasteiger partial charge in [-0.1, -0.05) is 0 Å². The fourth-order valence-electron chi connectivity index (χ4n) is 1.26. The number of aryl methyl sites for hydroxylation is 1. The maximum Gasteiger partial charge on any atom is 0.341 e. The van der Waals surface area contributed by atoms with Crippen LogP contribution >= 0.6 is 0 Å². The average Bonchev–Trinajstić information content (AvgIpc) is 2.63. The van der Waals surface area contributed by atoms with Gasteiger partial charge in [0.15, 0.2) is 0 Å². The Morgan fingerprint density at radius 1 is 1.53 bits per heavy atom. The van der Waals surface area contributed by atoms with Crippen LogP contribution in [0, 0.1) is 0 Å². The third-order valence-corrected chi connectivity index (χ3v) is 2.02. The van der Waals surface area contributed by atoms with Gasteiger partial charge in [0.25, 0.3) is 0 Å². The Kier molecular flexibility index (Phi) is 2.65. The molecule has 7 nitrogen and oxygen atoms in total. The van der Waals surface area contributed by atoms with Crippen LogP contribution in [0.1, 0.15) is 10.4 Å². The number of aromatic carboxylic acids is 1. The van der Waals surface area contributed by atoms with Crippen molar-refractivity contribution in [3.05, 3.63) is 30.1 Å². The molecule has 0 bridgehead atoms. The number of aromatic nitrogens is 3. The van der Waals surface area contributed by atoms with Gasteiger partial charge in [-0.3, -0.25) is 4.68 Å². The highest BCUT2D eigenvalue weighted by Gasteiger charge is 2.13. The first-order valence-electron chi connectivity index (χ1n) is 4.72. The van der Waals surface area contributed by atoms with E-state index < -0.39 is 5.97 Å². The molecule has 0 radical (unpaired) electrons. The van der Waals surface area contributed by atoms with E-state index in [0.717, 1.165) is 0 Å². The molecule has 1 aromatic heterocycles. The van der Waals surface area contributed by atoms with E-state index in [1.165, 1.54) is 29.2 Å². The molecular weight excluding hydrogens is 224 g/mol. The number of rotatable bonds is 3. The molecule has 1 heterocycles. The quantitative estimate of drug-likeness (QED) is 0.764. The number of hydrogen-bond donors (Lipinski definition) is 2. The predicted molar refractivity (Wildman–Crippen MR) is 58.9 cm³/mol. The maximum atomic E-state index is 11.0. The summed E-state index contributed by atoms with van der Waals surface area (Å²) in [6, 6.07) is 4.35. The van der Waals surface area contributed by atoms with Crippen LogP contribution in [0.25, 0.3) is 0 Å². The van der Waals surface area contributed by atoms with E-state index in [1.54, 1.807) is 7.05 Å². The van der Waals surface area contributed by atoms with Gasteiger partial charge in [-0.2, -0.15) is 4.98 Å². The highest BCUT2D eigenvalue weighted by Crippen LogP contribution is 2.25. The van der Waals surface area contributed by atoms with Crippen molar-refractivity contribution >= 4 is 11.7 Å². The molecule has 0 aliphatic carbocycles. The van der Waals surface area contributed by atoms with Crippen LogP contribution in [-0.4, -0.2) is 25.8 Å². The summed E-state index contributed by atoms with van der Waals surface area (Å²) in [5.74, 6) is -0.986. The van der Waals surface area contributed by atoms with E-state index in [1.807, 2.05) is 0 Å². The van der Waals surface area contributed by atoms with E-state index in [0.29, 0.717) is 5.69 Å². The van der Waals surface area contributed by atoms with Crippen molar-refractivity contribution in [1.29, 1.82) is 0 Å². The third kappa shape index (κ3) is 2.33. The Labute approximate surface area is 96.5 Å². The number of nitrogen functional groups attached to an aromatic ring is 1. The first-order chi connectivity index (χ1) is 8.06. The smallest absolute Gasteiger partial charge is 0.341 e. The van der Waals surface area contributed by atoms with Crippen LogP contribution in [0.5, 0.6) is 11.8 Å². The molecule has 88 valence electrons. The molecule has 0 aliphatic rings. The largest absolute Gasteiger partial charge is 0.478 e. The summed E-state index contributed by atoms with van der Waals surface area (Å²) in [5, 5.41) is 12.9. The molecule has 0 saturated heterocycles. The van der Waals surface area contributed by atoms with Crippen molar-refractivity contribution in [3.63, 3.8) is 0 Å². The molecule has 0 aliphatic heterocycles. The molecule has 2 rings (SSSR count). The summed E-state index contributed by atoms with van der Waals surface area (Å²) in [7, 11) is 1.68. The fourth-order valence-corrected chi connectivity index (χ4v) is 1.26. The van der Waals surface area contributed by atoms with Crippen LogP contribution in [0.3, 0.4) is 0 Å². The van der Waals surface area contributed by atoms with Crippen LogP contribution in [0.15, 0.2) is 24.5 Å². The highest BCUT2D eigenvalue weighted by molar-refractivity contribution is 5.91. The molecule has 0 fully saturated rings. The van der Waals surface area contributed by atoms with Gasteiger partial charge in [-0.25, -0.2) is 4.79 Å². The molecule has 0 saturated carbocycles. The number of carboxylic acid groups (broad SMARTS) is 1. The minimum atomic E-state index is -1.10. The second-order valence-electron chi connectivity index (χ2n) is 3.36. The minimum absolute atomic E-state index is 0.00616. The number of carboxylic acids is 1. The molecule has 2 aromatic rings. The fraction of sp³-hybridized carbons (Fsp3) is 0.100.